The summed E-state index contributed by atoms with van der Waals surface area (Å²) in [5, 5.41) is 4.56. The summed E-state index contributed by atoms with van der Waals surface area (Å²) >= 11 is 5.54. The van der Waals surface area contributed by atoms with Gasteiger partial charge < -0.3 is 19.0 Å². The van der Waals surface area contributed by atoms with Crippen molar-refractivity contribution in [1.82, 2.24) is 14.9 Å². The normalized spacial score (nSPS) is 12.9. The van der Waals surface area contributed by atoms with Crippen molar-refractivity contribution in [3.8, 4) is 17.1 Å². The van der Waals surface area contributed by atoms with Gasteiger partial charge in [0.1, 0.15) is 53.6 Å². The molecule has 2 unspecified atom stereocenters. The monoisotopic (exact) mass is 606 g/mol. The van der Waals surface area contributed by atoms with E-state index >= 15 is 0 Å². The molecule has 0 aliphatic heterocycles. The van der Waals surface area contributed by atoms with Gasteiger partial charge in [-0.05, 0) is 79.3 Å². The molecule has 42 heavy (non-hydrogen) atoms. The minimum atomic E-state index is -0.968. The Morgan fingerprint density at radius 2 is 1.88 bits per heavy atom. The number of anilines is 2. The number of rotatable bonds is 12. The van der Waals surface area contributed by atoms with Gasteiger partial charge in [0.15, 0.2) is 0 Å². The average molecular weight is 607 g/mol. The predicted molar refractivity (Wildman–Crippen MR) is 167 cm³/mol. The van der Waals surface area contributed by atoms with Crippen LogP contribution in [0, 0.1) is 5.82 Å². The van der Waals surface area contributed by atoms with E-state index in [4.69, 9.17) is 20.8 Å². The third-order valence-corrected chi connectivity index (χ3v) is 8.08. The van der Waals surface area contributed by atoms with E-state index < -0.39 is 11.2 Å². The van der Waals surface area contributed by atoms with Gasteiger partial charge >= 0.3 is 0 Å². The predicted octanol–water partition coefficient (Wildman–Crippen LogP) is 7.77. The number of nitrogens with zero attached hydrogens (tertiary/aromatic N) is 3. The molecule has 0 aliphatic rings. The number of aromatic nitrogens is 2. The van der Waals surface area contributed by atoms with Gasteiger partial charge in [-0.15, -0.1) is 0 Å². The van der Waals surface area contributed by atoms with Crippen LogP contribution >= 0.6 is 11.6 Å². The van der Waals surface area contributed by atoms with Crippen LogP contribution in [0.5, 0.6) is 5.75 Å². The fraction of sp³-hybridized carbons (Fsp3) is 0.250. The Labute approximate surface area is 252 Å². The summed E-state index contributed by atoms with van der Waals surface area (Å²) in [5.41, 5.74) is 3.08. The molecule has 218 valence electrons. The van der Waals surface area contributed by atoms with Gasteiger partial charge in [0.2, 0.25) is 0 Å². The highest BCUT2D eigenvalue weighted by Gasteiger charge is 2.25. The number of benzene rings is 3. The van der Waals surface area contributed by atoms with E-state index in [2.05, 4.69) is 34.0 Å². The zero-order chi connectivity index (χ0) is 29.6. The molecule has 0 saturated carbocycles. The molecule has 0 saturated heterocycles. The third kappa shape index (κ3) is 7.04. The summed E-state index contributed by atoms with van der Waals surface area (Å²) in [5.74, 6) is 2.80. The first kappa shape index (κ1) is 29.8. The van der Waals surface area contributed by atoms with Gasteiger partial charge in [0.05, 0.1) is 16.8 Å². The van der Waals surface area contributed by atoms with Gasteiger partial charge in [-0.2, -0.15) is 0 Å². The van der Waals surface area contributed by atoms with Crippen molar-refractivity contribution < 1.29 is 18.1 Å². The van der Waals surface area contributed by atoms with E-state index in [1.165, 1.54) is 18.5 Å². The lowest BCUT2D eigenvalue weighted by Gasteiger charge is -2.27. The number of hydrogen-bond acceptors (Lipinski definition) is 7. The molecule has 0 aliphatic carbocycles. The zero-order valence-corrected chi connectivity index (χ0v) is 25.2. The van der Waals surface area contributed by atoms with E-state index in [0.29, 0.717) is 33.7 Å². The molecule has 5 aromatic rings. The fourth-order valence-electron chi connectivity index (χ4n) is 4.87. The molecule has 0 spiro atoms. The lowest BCUT2D eigenvalue weighted by molar-refractivity contribution is 0.210. The quantitative estimate of drug-likeness (QED) is 0.145. The summed E-state index contributed by atoms with van der Waals surface area (Å²) < 4.78 is 37.7. The molecule has 0 bridgehead atoms. The minimum absolute atomic E-state index is 0.0637. The van der Waals surface area contributed by atoms with E-state index in [1.807, 2.05) is 36.4 Å². The lowest BCUT2D eigenvalue weighted by atomic mass is 10.1. The first-order chi connectivity index (χ1) is 20.3. The molecule has 0 fully saturated rings. The second-order valence-corrected chi connectivity index (χ2v) is 11.7. The zero-order valence-electron chi connectivity index (χ0n) is 23.6. The molecule has 0 radical (unpaired) electrons. The number of fused-ring (bicyclic) bond motifs is 1. The first-order valence-corrected chi connectivity index (χ1v) is 15.8. The number of nitrogens with one attached hydrogen (secondary N) is 1. The van der Waals surface area contributed by atoms with E-state index in [9.17, 15) is 8.94 Å². The third-order valence-electron chi connectivity index (χ3n) is 7.00. The van der Waals surface area contributed by atoms with Crippen LogP contribution in [0.2, 0.25) is 5.02 Å². The van der Waals surface area contributed by atoms with Crippen LogP contribution < -0.4 is 10.1 Å². The molecule has 0 amide bonds. The maximum Gasteiger partial charge on any atom is 0.141 e. The molecule has 5 rings (SSSR count). The molecule has 2 aromatic heterocycles. The average Bonchev–Trinajstić information content (AvgIpc) is 3.47. The van der Waals surface area contributed by atoms with Gasteiger partial charge in [-0.1, -0.05) is 48.8 Å². The summed E-state index contributed by atoms with van der Waals surface area (Å²) in [6, 6.07) is 21.4. The Bertz CT molecular complexity index is 1660. The topological polar surface area (TPSA) is 86.5 Å². The van der Waals surface area contributed by atoms with E-state index in [0.717, 1.165) is 41.0 Å². The summed E-state index contributed by atoms with van der Waals surface area (Å²) in [6.07, 6.45) is 3.23. The Morgan fingerprint density at radius 3 is 2.62 bits per heavy atom. The number of furan rings is 1. The highest BCUT2D eigenvalue weighted by molar-refractivity contribution is 7.90. The van der Waals surface area contributed by atoms with Gasteiger partial charge in [0.25, 0.3) is 0 Å². The Balaban J connectivity index is 1.37. The first-order valence-electron chi connectivity index (χ1n) is 13.7. The van der Waals surface area contributed by atoms with Crippen molar-refractivity contribution >= 4 is 45.2 Å². The van der Waals surface area contributed by atoms with Crippen molar-refractivity contribution in [1.29, 1.82) is 0 Å². The van der Waals surface area contributed by atoms with Gasteiger partial charge in [-0.25, -0.2) is 14.4 Å². The number of ether oxygens (including phenoxy) is 1. The van der Waals surface area contributed by atoms with Crippen LogP contribution in [0.4, 0.5) is 15.9 Å². The van der Waals surface area contributed by atoms with Gasteiger partial charge in [0, 0.05) is 16.6 Å². The maximum absolute atomic E-state index is 13.5. The van der Waals surface area contributed by atoms with Crippen molar-refractivity contribution in [2.45, 2.75) is 26.5 Å². The smallest absolute Gasteiger partial charge is 0.141 e. The van der Waals surface area contributed by atoms with Crippen LogP contribution in [-0.4, -0.2) is 44.5 Å². The summed E-state index contributed by atoms with van der Waals surface area (Å²) in [6.45, 7) is 6.06. The number of halogens is 2. The van der Waals surface area contributed by atoms with Crippen LogP contribution in [0.3, 0.4) is 0 Å². The molecule has 2 atom stereocenters. The Hall–Kier alpha value is -3.63. The Morgan fingerprint density at radius 1 is 1.05 bits per heavy atom. The van der Waals surface area contributed by atoms with Crippen molar-refractivity contribution in [2.24, 2.45) is 0 Å². The highest BCUT2D eigenvalue weighted by Crippen LogP contribution is 2.34. The second-order valence-electron chi connectivity index (χ2n) is 9.82. The standard InChI is InChI=1S/C32H32ClFN4O3S/c1-4-38(5-2)28(19-42(3)39)31-14-13-29(41-31)22-9-11-27-25(16-22)32(36-20-35-27)37-24-10-12-30(26(33)17-24)40-18-21-7-6-8-23(34)15-21/h6-17,20,28H,4-5,18-19H2,1-3H3,(H,35,36,37). The lowest BCUT2D eigenvalue weighted by Crippen LogP contribution is -2.32. The molecule has 3 aromatic carbocycles. The van der Waals surface area contributed by atoms with Crippen LogP contribution in [0.15, 0.2) is 83.5 Å². The van der Waals surface area contributed by atoms with Gasteiger partial charge in [-0.3, -0.25) is 4.90 Å². The summed E-state index contributed by atoms with van der Waals surface area (Å²) in [4.78, 5) is 11.2. The molecule has 7 nitrogen and oxygen atoms in total. The largest absolute Gasteiger partial charge is 0.616 e. The summed E-state index contributed by atoms with van der Waals surface area (Å²) in [7, 11) is 0. The molecular formula is C32H32ClFN4O3S. The second kappa shape index (κ2) is 13.6. The maximum atomic E-state index is 13.5. The van der Waals surface area contributed by atoms with Crippen LogP contribution in [-0.2, 0) is 17.8 Å². The van der Waals surface area contributed by atoms with Crippen molar-refractivity contribution in [2.75, 3.05) is 30.4 Å². The van der Waals surface area contributed by atoms with Crippen LogP contribution in [0.25, 0.3) is 22.2 Å². The highest BCUT2D eigenvalue weighted by atomic mass is 35.5. The van der Waals surface area contributed by atoms with Crippen molar-refractivity contribution in [3.63, 3.8) is 0 Å². The van der Waals surface area contributed by atoms with Crippen LogP contribution in [0.1, 0.15) is 31.2 Å². The minimum Gasteiger partial charge on any atom is -0.616 e. The van der Waals surface area contributed by atoms with E-state index in [-0.39, 0.29) is 18.5 Å². The Kier molecular flexibility index (Phi) is 9.64. The number of hydrogen-bond donors (Lipinski definition) is 1. The van der Waals surface area contributed by atoms with E-state index in [1.54, 1.807) is 30.5 Å². The molecule has 1 N–H and O–H groups in total. The fourth-order valence-corrected chi connectivity index (χ4v) is 5.93. The molecule has 2 heterocycles. The molecule has 10 heteroatoms. The SMILES string of the molecule is CCN(CC)C(C[S+](C)[O-])c1ccc(-c2ccc3ncnc(Nc4ccc(OCc5cccc(F)c5)c(Cl)c4)c3c2)o1. The molecular weight excluding hydrogens is 575 g/mol. The van der Waals surface area contributed by atoms with Crippen molar-refractivity contribution in [3.05, 3.63) is 101 Å².